The summed E-state index contributed by atoms with van der Waals surface area (Å²) in [6.07, 6.45) is 0.852. The first kappa shape index (κ1) is 22.7. The van der Waals surface area contributed by atoms with Gasteiger partial charge >= 0.3 is 0 Å². The second-order valence-electron chi connectivity index (χ2n) is 7.71. The number of H-pyrrole nitrogens is 1. The van der Waals surface area contributed by atoms with Crippen molar-refractivity contribution < 1.29 is 4.79 Å². The lowest BCUT2D eigenvalue weighted by molar-refractivity contribution is 0.0612. The predicted molar refractivity (Wildman–Crippen MR) is 131 cm³/mol. The molecule has 1 atom stereocenters. The van der Waals surface area contributed by atoms with Crippen LogP contribution in [0.15, 0.2) is 47.3 Å². The van der Waals surface area contributed by atoms with E-state index in [0.29, 0.717) is 33.9 Å². The van der Waals surface area contributed by atoms with E-state index >= 15 is 0 Å². The molecule has 1 N–H and O–H groups in total. The Balaban J connectivity index is 2.10. The highest BCUT2D eigenvalue weighted by Gasteiger charge is 2.30. The summed E-state index contributed by atoms with van der Waals surface area (Å²) in [6.45, 7) is 6.64. The normalized spacial score (nSPS) is 12.3. The Labute approximate surface area is 195 Å². The first-order chi connectivity index (χ1) is 14.3. The largest absolute Gasteiger partial charge is 0.328 e. The highest BCUT2D eigenvalue weighted by atomic mass is 127. The first-order valence-corrected chi connectivity index (χ1v) is 11.8. The summed E-state index contributed by atoms with van der Waals surface area (Å²) in [4.78, 5) is 35.6. The molecule has 0 saturated heterocycles. The number of alkyl halides is 1. The Morgan fingerprint density at radius 1 is 1.20 bits per heavy atom. The molecule has 158 valence electrons. The number of fused-ring (bicyclic) bond motifs is 1. The van der Waals surface area contributed by atoms with E-state index in [4.69, 9.17) is 16.6 Å². The summed E-state index contributed by atoms with van der Waals surface area (Å²) >= 11 is 8.44. The van der Waals surface area contributed by atoms with Crippen LogP contribution in [0.1, 0.15) is 48.1 Å². The van der Waals surface area contributed by atoms with Gasteiger partial charge in [-0.2, -0.15) is 0 Å². The van der Waals surface area contributed by atoms with Crippen LogP contribution < -0.4 is 5.56 Å². The van der Waals surface area contributed by atoms with Gasteiger partial charge in [0, 0.05) is 21.6 Å². The third-order valence-corrected chi connectivity index (χ3v) is 6.02. The van der Waals surface area contributed by atoms with Crippen molar-refractivity contribution in [2.45, 2.75) is 33.2 Å². The number of hydrogen-bond acceptors (Lipinski definition) is 3. The standard InChI is InChI=1S/C23H25ClIN3O2/c1-14(2)20(21-26-19-13-17(24)9-10-18(19)22(29)27-21)28(12-4-11-25)23(30)16-7-5-15(3)6-8-16/h5-10,13-14,20H,4,11-12H2,1-3H3,(H,26,27,29)/t20-/m1/s1. The van der Waals surface area contributed by atoms with Gasteiger partial charge in [-0.15, -0.1) is 0 Å². The molecule has 0 bridgehead atoms. The molecule has 1 heterocycles. The Kier molecular flexibility index (Phi) is 7.52. The Hall–Kier alpha value is -1.93. The van der Waals surface area contributed by atoms with Gasteiger partial charge < -0.3 is 9.88 Å². The van der Waals surface area contributed by atoms with Crippen LogP contribution in [0.25, 0.3) is 10.9 Å². The maximum absolute atomic E-state index is 13.5. The maximum atomic E-state index is 13.5. The molecule has 1 aromatic heterocycles. The second kappa shape index (κ2) is 9.92. The molecule has 2 aromatic carbocycles. The number of aromatic nitrogens is 2. The lowest BCUT2D eigenvalue weighted by Crippen LogP contribution is -2.40. The molecule has 3 aromatic rings. The fourth-order valence-electron chi connectivity index (χ4n) is 3.55. The monoisotopic (exact) mass is 537 g/mol. The van der Waals surface area contributed by atoms with Gasteiger partial charge in [-0.05, 0) is 49.6 Å². The SMILES string of the molecule is Cc1ccc(C(=O)N(CCCI)[C@@H](c2nc3cc(Cl)ccc3c(=O)[nH]2)C(C)C)cc1. The summed E-state index contributed by atoms with van der Waals surface area (Å²) in [7, 11) is 0. The van der Waals surface area contributed by atoms with E-state index in [1.54, 1.807) is 18.2 Å². The van der Waals surface area contributed by atoms with E-state index in [1.807, 2.05) is 49.9 Å². The third-order valence-electron chi connectivity index (χ3n) is 5.03. The number of aromatic amines is 1. The third kappa shape index (κ3) is 5.03. The molecule has 0 aliphatic carbocycles. The van der Waals surface area contributed by atoms with Crippen LogP contribution in [-0.2, 0) is 0 Å². The van der Waals surface area contributed by atoms with Crippen molar-refractivity contribution in [1.29, 1.82) is 0 Å². The van der Waals surface area contributed by atoms with Gasteiger partial charge in [0.05, 0.1) is 16.9 Å². The predicted octanol–water partition coefficient (Wildman–Crippen LogP) is 5.55. The minimum atomic E-state index is -0.363. The van der Waals surface area contributed by atoms with Gasteiger partial charge in [0.25, 0.3) is 11.5 Å². The number of amides is 1. The highest BCUT2D eigenvalue weighted by molar-refractivity contribution is 14.1. The Morgan fingerprint density at radius 3 is 2.53 bits per heavy atom. The van der Waals surface area contributed by atoms with E-state index in [2.05, 4.69) is 27.6 Å². The molecule has 3 rings (SSSR count). The number of benzene rings is 2. The average Bonchev–Trinajstić information content (AvgIpc) is 2.70. The van der Waals surface area contributed by atoms with E-state index in [1.165, 1.54) is 0 Å². The molecule has 0 saturated carbocycles. The number of halogens is 2. The van der Waals surface area contributed by atoms with Gasteiger partial charge in [0.2, 0.25) is 0 Å². The lowest BCUT2D eigenvalue weighted by Gasteiger charge is -2.34. The summed E-state index contributed by atoms with van der Waals surface area (Å²) < 4.78 is 0.928. The fourth-order valence-corrected chi connectivity index (χ4v) is 4.06. The molecule has 30 heavy (non-hydrogen) atoms. The van der Waals surface area contributed by atoms with Crippen LogP contribution in [0.5, 0.6) is 0 Å². The van der Waals surface area contributed by atoms with Crippen molar-refractivity contribution in [2.75, 3.05) is 11.0 Å². The van der Waals surface area contributed by atoms with Crippen molar-refractivity contribution in [3.63, 3.8) is 0 Å². The molecular formula is C23H25ClIN3O2. The maximum Gasteiger partial charge on any atom is 0.258 e. The zero-order chi connectivity index (χ0) is 21.8. The van der Waals surface area contributed by atoms with Crippen molar-refractivity contribution >= 4 is 51.0 Å². The summed E-state index contributed by atoms with van der Waals surface area (Å²) in [5.74, 6) is 0.472. The van der Waals surface area contributed by atoms with Crippen LogP contribution in [0.4, 0.5) is 0 Å². The minimum Gasteiger partial charge on any atom is -0.328 e. The number of rotatable bonds is 7. The van der Waals surface area contributed by atoms with E-state index in [0.717, 1.165) is 16.4 Å². The van der Waals surface area contributed by atoms with Crippen LogP contribution in [-0.4, -0.2) is 31.7 Å². The molecule has 5 nitrogen and oxygen atoms in total. The molecule has 0 radical (unpaired) electrons. The van der Waals surface area contributed by atoms with Crippen molar-refractivity contribution in [1.82, 2.24) is 14.9 Å². The molecule has 0 aliphatic heterocycles. The molecular weight excluding hydrogens is 513 g/mol. The van der Waals surface area contributed by atoms with E-state index < -0.39 is 0 Å². The Morgan fingerprint density at radius 2 is 1.90 bits per heavy atom. The van der Waals surface area contributed by atoms with E-state index in [9.17, 15) is 9.59 Å². The molecule has 0 fully saturated rings. The zero-order valence-corrected chi connectivity index (χ0v) is 20.2. The number of nitrogens with zero attached hydrogens (tertiary/aromatic N) is 2. The number of carbonyl (C=O) groups is 1. The number of nitrogens with one attached hydrogen (secondary N) is 1. The minimum absolute atomic E-state index is 0.0494. The zero-order valence-electron chi connectivity index (χ0n) is 17.3. The van der Waals surface area contributed by atoms with Crippen molar-refractivity contribution in [3.05, 3.63) is 74.8 Å². The van der Waals surface area contributed by atoms with Gasteiger partial charge in [0.1, 0.15) is 5.82 Å². The molecule has 0 spiro atoms. The molecule has 7 heteroatoms. The number of aryl methyl sites for hydroxylation is 1. The van der Waals surface area contributed by atoms with Crippen LogP contribution >= 0.6 is 34.2 Å². The molecule has 0 aliphatic rings. The van der Waals surface area contributed by atoms with Gasteiger partial charge in [-0.3, -0.25) is 9.59 Å². The fraction of sp³-hybridized carbons (Fsp3) is 0.348. The topological polar surface area (TPSA) is 66.1 Å². The lowest BCUT2D eigenvalue weighted by atomic mass is 9.99. The molecule has 0 unspecified atom stereocenters. The number of hydrogen-bond donors (Lipinski definition) is 1. The van der Waals surface area contributed by atoms with Crippen LogP contribution in [0.3, 0.4) is 0 Å². The summed E-state index contributed by atoms with van der Waals surface area (Å²) in [5.41, 5.74) is 2.03. The Bertz CT molecular complexity index is 1100. The van der Waals surface area contributed by atoms with Gasteiger partial charge in [0.15, 0.2) is 0 Å². The second-order valence-corrected chi connectivity index (χ2v) is 9.22. The van der Waals surface area contributed by atoms with Crippen LogP contribution in [0.2, 0.25) is 5.02 Å². The smallest absolute Gasteiger partial charge is 0.258 e. The summed E-state index contributed by atoms with van der Waals surface area (Å²) in [5, 5.41) is 1.000. The van der Waals surface area contributed by atoms with Crippen molar-refractivity contribution in [3.8, 4) is 0 Å². The van der Waals surface area contributed by atoms with Gasteiger partial charge in [-0.1, -0.05) is 65.7 Å². The highest BCUT2D eigenvalue weighted by Crippen LogP contribution is 2.29. The van der Waals surface area contributed by atoms with E-state index in [-0.39, 0.29) is 23.4 Å². The first-order valence-electron chi connectivity index (χ1n) is 9.95. The summed E-state index contributed by atoms with van der Waals surface area (Å²) in [6, 6.07) is 12.2. The molecule has 1 amide bonds. The van der Waals surface area contributed by atoms with Crippen LogP contribution in [0, 0.1) is 12.8 Å². The average molecular weight is 538 g/mol. The van der Waals surface area contributed by atoms with Crippen molar-refractivity contribution in [2.24, 2.45) is 5.92 Å². The number of carbonyl (C=O) groups excluding carboxylic acids is 1. The quantitative estimate of drug-likeness (QED) is 0.317. The van der Waals surface area contributed by atoms with Gasteiger partial charge in [-0.25, -0.2) is 4.98 Å².